The van der Waals surface area contributed by atoms with Crippen LogP contribution in [0.5, 0.6) is 0 Å². The molecule has 1 heterocycles. The van der Waals surface area contributed by atoms with E-state index in [0.29, 0.717) is 0 Å². The summed E-state index contributed by atoms with van der Waals surface area (Å²) in [5.74, 6) is 0.153. The molecule has 4 nitrogen and oxygen atoms in total. The minimum absolute atomic E-state index is 0.153. The van der Waals surface area contributed by atoms with Gasteiger partial charge in [-0.2, -0.15) is 0 Å². The molecule has 1 aromatic carbocycles. The molecule has 4 heteroatoms. The van der Waals surface area contributed by atoms with Crippen LogP contribution in [-0.4, -0.2) is 55.0 Å². The van der Waals surface area contributed by atoms with Crippen LogP contribution in [0.3, 0.4) is 0 Å². The zero-order chi connectivity index (χ0) is 15.4. The number of carbonyl (C=O) groups excluding carboxylic acids is 1. The summed E-state index contributed by atoms with van der Waals surface area (Å²) < 4.78 is 0. The molecule has 1 aromatic rings. The molecule has 1 atom stereocenters. The van der Waals surface area contributed by atoms with E-state index in [1.807, 2.05) is 23.1 Å². The lowest BCUT2D eigenvalue weighted by Gasteiger charge is -2.38. The molecule has 1 N–H and O–H groups in total. The lowest BCUT2D eigenvalue weighted by Crippen LogP contribution is -2.52. The molecule has 0 saturated carbocycles. The summed E-state index contributed by atoms with van der Waals surface area (Å²) in [5.41, 5.74) is 3.06. The van der Waals surface area contributed by atoms with Gasteiger partial charge in [-0.15, -0.1) is 0 Å². The molecule has 1 aliphatic rings. The Labute approximate surface area is 128 Å². The van der Waals surface area contributed by atoms with E-state index in [4.69, 9.17) is 0 Å². The van der Waals surface area contributed by atoms with E-state index < -0.39 is 0 Å². The van der Waals surface area contributed by atoms with Crippen LogP contribution in [0, 0.1) is 6.92 Å². The minimum atomic E-state index is 0.153. The summed E-state index contributed by atoms with van der Waals surface area (Å²) in [5, 5.41) is 3.39. The summed E-state index contributed by atoms with van der Waals surface area (Å²) >= 11 is 0. The monoisotopic (exact) mass is 289 g/mol. The normalized spacial score (nSPS) is 19.6. The van der Waals surface area contributed by atoms with E-state index in [0.717, 1.165) is 49.4 Å². The van der Waals surface area contributed by atoms with Gasteiger partial charge in [0, 0.05) is 43.5 Å². The Hall–Kier alpha value is -1.55. The van der Waals surface area contributed by atoms with Crippen molar-refractivity contribution in [2.75, 3.05) is 38.5 Å². The molecule has 0 bridgehead atoms. The highest BCUT2D eigenvalue weighted by Crippen LogP contribution is 2.19. The standard InChI is InChI=1S/C17H27N3O/c1-5-8-18-16-7-6-15(11-13(16)2)17(21)20-10-9-19(4)12-14(20)3/h6-7,11,14,18H,5,8-10,12H2,1-4H3. The number of nitrogens with one attached hydrogen (secondary N) is 1. The van der Waals surface area contributed by atoms with Crippen LogP contribution in [0.25, 0.3) is 0 Å². The predicted molar refractivity (Wildman–Crippen MR) is 88.0 cm³/mol. The number of amides is 1. The lowest BCUT2D eigenvalue weighted by atomic mass is 10.1. The molecule has 1 amide bonds. The Balaban J connectivity index is 2.10. The fourth-order valence-corrected chi connectivity index (χ4v) is 2.86. The Morgan fingerprint density at radius 2 is 2.14 bits per heavy atom. The average molecular weight is 289 g/mol. The summed E-state index contributed by atoms with van der Waals surface area (Å²) in [6.45, 7) is 10.00. The zero-order valence-corrected chi connectivity index (χ0v) is 13.6. The smallest absolute Gasteiger partial charge is 0.254 e. The fraction of sp³-hybridized carbons (Fsp3) is 0.588. The van der Waals surface area contributed by atoms with Crippen molar-refractivity contribution in [1.82, 2.24) is 9.80 Å². The number of nitrogens with zero attached hydrogens (tertiary/aromatic N) is 2. The second-order valence-electron chi connectivity index (χ2n) is 6.07. The van der Waals surface area contributed by atoms with Crippen molar-refractivity contribution >= 4 is 11.6 Å². The molecule has 2 rings (SSSR count). The molecule has 0 spiro atoms. The van der Waals surface area contributed by atoms with E-state index in [9.17, 15) is 4.79 Å². The third kappa shape index (κ3) is 3.76. The molecule has 1 unspecified atom stereocenters. The third-order valence-corrected chi connectivity index (χ3v) is 4.13. The Morgan fingerprint density at radius 3 is 2.76 bits per heavy atom. The van der Waals surface area contributed by atoms with Gasteiger partial charge in [-0.05, 0) is 51.1 Å². The summed E-state index contributed by atoms with van der Waals surface area (Å²) in [6.07, 6.45) is 1.10. The van der Waals surface area contributed by atoms with Crippen LogP contribution in [0.4, 0.5) is 5.69 Å². The molecule has 0 radical (unpaired) electrons. The predicted octanol–water partition coefficient (Wildman–Crippen LogP) is 2.59. The topological polar surface area (TPSA) is 35.6 Å². The van der Waals surface area contributed by atoms with Crippen molar-refractivity contribution in [3.63, 3.8) is 0 Å². The van der Waals surface area contributed by atoms with Crippen molar-refractivity contribution in [3.05, 3.63) is 29.3 Å². The van der Waals surface area contributed by atoms with E-state index in [1.165, 1.54) is 0 Å². The molecule has 1 aliphatic heterocycles. The quantitative estimate of drug-likeness (QED) is 0.925. The van der Waals surface area contributed by atoms with Crippen molar-refractivity contribution in [2.24, 2.45) is 0 Å². The zero-order valence-electron chi connectivity index (χ0n) is 13.6. The van der Waals surface area contributed by atoms with Crippen molar-refractivity contribution < 1.29 is 4.79 Å². The number of anilines is 1. The van der Waals surface area contributed by atoms with Crippen LogP contribution in [0.1, 0.15) is 36.2 Å². The summed E-state index contributed by atoms with van der Waals surface area (Å²) in [4.78, 5) is 17.0. The highest BCUT2D eigenvalue weighted by atomic mass is 16.2. The number of hydrogen-bond donors (Lipinski definition) is 1. The number of aryl methyl sites for hydroxylation is 1. The number of piperazine rings is 1. The molecule has 1 fully saturated rings. The van der Waals surface area contributed by atoms with Gasteiger partial charge in [0.1, 0.15) is 0 Å². The number of carbonyl (C=O) groups is 1. The van der Waals surface area contributed by atoms with Crippen LogP contribution >= 0.6 is 0 Å². The molecule has 1 saturated heterocycles. The van der Waals surface area contributed by atoms with Gasteiger partial charge in [0.15, 0.2) is 0 Å². The van der Waals surface area contributed by atoms with E-state index in [2.05, 4.69) is 38.0 Å². The van der Waals surface area contributed by atoms with Gasteiger partial charge in [0.05, 0.1) is 0 Å². The van der Waals surface area contributed by atoms with E-state index >= 15 is 0 Å². The highest BCUT2D eigenvalue weighted by molar-refractivity contribution is 5.95. The summed E-state index contributed by atoms with van der Waals surface area (Å²) in [7, 11) is 2.11. The largest absolute Gasteiger partial charge is 0.385 e. The van der Waals surface area contributed by atoms with Crippen molar-refractivity contribution in [3.8, 4) is 0 Å². The van der Waals surface area contributed by atoms with Crippen LogP contribution in [0.2, 0.25) is 0 Å². The van der Waals surface area contributed by atoms with Gasteiger partial charge in [0.25, 0.3) is 5.91 Å². The maximum atomic E-state index is 12.7. The van der Waals surface area contributed by atoms with Gasteiger partial charge in [-0.3, -0.25) is 4.79 Å². The Morgan fingerprint density at radius 1 is 1.38 bits per heavy atom. The molecule has 116 valence electrons. The molecular formula is C17H27N3O. The minimum Gasteiger partial charge on any atom is -0.385 e. The maximum Gasteiger partial charge on any atom is 0.254 e. The first kappa shape index (κ1) is 15.8. The van der Waals surface area contributed by atoms with Crippen LogP contribution < -0.4 is 5.32 Å². The van der Waals surface area contributed by atoms with Gasteiger partial charge < -0.3 is 15.1 Å². The molecule has 21 heavy (non-hydrogen) atoms. The summed E-state index contributed by atoms with van der Waals surface area (Å²) in [6, 6.07) is 6.25. The van der Waals surface area contributed by atoms with E-state index in [1.54, 1.807) is 0 Å². The Kier molecular flexibility index (Phi) is 5.23. The van der Waals surface area contributed by atoms with E-state index in [-0.39, 0.29) is 11.9 Å². The second-order valence-corrected chi connectivity index (χ2v) is 6.07. The highest BCUT2D eigenvalue weighted by Gasteiger charge is 2.26. The molecule has 0 aliphatic carbocycles. The van der Waals surface area contributed by atoms with Gasteiger partial charge >= 0.3 is 0 Å². The first-order valence-electron chi connectivity index (χ1n) is 7.87. The first-order chi connectivity index (χ1) is 10.0. The van der Waals surface area contributed by atoms with Crippen LogP contribution in [-0.2, 0) is 0 Å². The molecular weight excluding hydrogens is 262 g/mol. The number of rotatable bonds is 4. The maximum absolute atomic E-state index is 12.7. The van der Waals surface area contributed by atoms with Gasteiger partial charge in [-0.1, -0.05) is 6.92 Å². The van der Waals surface area contributed by atoms with Gasteiger partial charge in [-0.25, -0.2) is 0 Å². The number of likely N-dealkylation sites (N-methyl/N-ethyl adjacent to an activating group) is 1. The number of hydrogen-bond acceptors (Lipinski definition) is 3. The fourth-order valence-electron chi connectivity index (χ4n) is 2.86. The third-order valence-electron chi connectivity index (χ3n) is 4.13. The Bertz CT molecular complexity index is 501. The lowest BCUT2D eigenvalue weighted by molar-refractivity contribution is 0.0533. The second kappa shape index (κ2) is 6.94. The molecule has 0 aromatic heterocycles. The van der Waals surface area contributed by atoms with Gasteiger partial charge in [0.2, 0.25) is 0 Å². The SMILES string of the molecule is CCCNc1ccc(C(=O)N2CCN(C)CC2C)cc1C. The number of benzene rings is 1. The van der Waals surface area contributed by atoms with Crippen LogP contribution in [0.15, 0.2) is 18.2 Å². The van der Waals surface area contributed by atoms with Crippen molar-refractivity contribution in [2.45, 2.75) is 33.2 Å². The average Bonchev–Trinajstić information content (AvgIpc) is 2.45. The first-order valence-corrected chi connectivity index (χ1v) is 7.87. The van der Waals surface area contributed by atoms with Crippen molar-refractivity contribution in [1.29, 1.82) is 0 Å².